The van der Waals surface area contributed by atoms with Crippen molar-refractivity contribution < 1.29 is 0 Å². The van der Waals surface area contributed by atoms with E-state index in [4.69, 9.17) is 5.26 Å². The van der Waals surface area contributed by atoms with Crippen molar-refractivity contribution in [1.82, 2.24) is 0 Å². The fourth-order valence-corrected chi connectivity index (χ4v) is 0.258. The number of rotatable bonds is 2. The monoisotopic (exact) mass is 96.1 g/mol. The van der Waals surface area contributed by atoms with Crippen LogP contribution in [0.1, 0.15) is 12.8 Å². The lowest BCUT2D eigenvalue weighted by molar-refractivity contribution is 1.12. The SMILES string of the molecule is C/N=C\CCC#N. The molecule has 0 aromatic carbocycles. The second-order valence-corrected chi connectivity index (χ2v) is 1.14. The average Bonchev–Trinajstić information content (AvgIpc) is 1.69. The minimum atomic E-state index is 0.581. The van der Waals surface area contributed by atoms with Gasteiger partial charge in [-0.2, -0.15) is 5.26 Å². The van der Waals surface area contributed by atoms with Gasteiger partial charge in [-0.15, -0.1) is 0 Å². The minimum absolute atomic E-state index is 0.581. The molecule has 0 amide bonds. The zero-order valence-corrected chi connectivity index (χ0v) is 4.39. The summed E-state index contributed by atoms with van der Waals surface area (Å²) in [5, 5.41) is 7.98. The van der Waals surface area contributed by atoms with Gasteiger partial charge in [-0.3, -0.25) is 0 Å². The second kappa shape index (κ2) is 5.16. The van der Waals surface area contributed by atoms with Gasteiger partial charge in [-0.1, -0.05) is 0 Å². The van der Waals surface area contributed by atoms with E-state index in [0.29, 0.717) is 6.42 Å². The number of aliphatic imine (C=N–C) groups is 1. The molecule has 0 aliphatic carbocycles. The molecule has 0 saturated heterocycles. The van der Waals surface area contributed by atoms with Crippen LogP contribution in [0.4, 0.5) is 0 Å². The maximum Gasteiger partial charge on any atom is 0.0625 e. The van der Waals surface area contributed by atoms with Crippen LogP contribution < -0.4 is 0 Å². The molecule has 0 unspecified atom stereocenters. The van der Waals surface area contributed by atoms with Crippen molar-refractivity contribution in [2.24, 2.45) is 4.99 Å². The molecule has 0 radical (unpaired) electrons. The number of hydrogen-bond acceptors (Lipinski definition) is 2. The number of unbranched alkanes of at least 4 members (excludes halogenated alkanes) is 1. The summed E-state index contributed by atoms with van der Waals surface area (Å²) in [5.41, 5.74) is 0. The van der Waals surface area contributed by atoms with E-state index in [9.17, 15) is 0 Å². The third kappa shape index (κ3) is 5.16. The Hall–Kier alpha value is -0.840. The maximum absolute atomic E-state index is 7.98. The van der Waals surface area contributed by atoms with Gasteiger partial charge in [0.2, 0.25) is 0 Å². The first-order chi connectivity index (χ1) is 3.41. The lowest BCUT2D eigenvalue weighted by Gasteiger charge is -1.74. The molecule has 0 aromatic rings. The molecule has 0 aliphatic heterocycles. The van der Waals surface area contributed by atoms with Gasteiger partial charge >= 0.3 is 0 Å². The van der Waals surface area contributed by atoms with Gasteiger partial charge in [-0.25, -0.2) is 0 Å². The molecule has 38 valence electrons. The van der Waals surface area contributed by atoms with E-state index in [0.717, 1.165) is 6.42 Å². The molecule has 0 fully saturated rings. The molecule has 0 saturated carbocycles. The summed E-state index contributed by atoms with van der Waals surface area (Å²) in [6.45, 7) is 0. The van der Waals surface area contributed by atoms with Crippen molar-refractivity contribution in [3.05, 3.63) is 0 Å². The fourth-order valence-electron chi connectivity index (χ4n) is 0.258. The molecule has 2 heteroatoms. The lowest BCUT2D eigenvalue weighted by atomic mass is 10.4. The predicted molar refractivity (Wildman–Crippen MR) is 29.3 cm³/mol. The molecule has 0 spiro atoms. The summed E-state index contributed by atoms with van der Waals surface area (Å²) < 4.78 is 0. The van der Waals surface area contributed by atoms with Gasteiger partial charge in [0.05, 0.1) is 6.07 Å². The maximum atomic E-state index is 7.98. The topological polar surface area (TPSA) is 36.1 Å². The first-order valence-electron chi connectivity index (χ1n) is 2.19. The van der Waals surface area contributed by atoms with Crippen LogP contribution >= 0.6 is 0 Å². The Balaban J connectivity index is 2.87. The molecular formula is C5H8N2. The van der Waals surface area contributed by atoms with Crippen LogP contribution in [0.5, 0.6) is 0 Å². The molecule has 0 aromatic heterocycles. The molecule has 0 aliphatic rings. The van der Waals surface area contributed by atoms with Gasteiger partial charge in [0, 0.05) is 13.5 Å². The molecule has 7 heavy (non-hydrogen) atoms. The van der Waals surface area contributed by atoms with Crippen molar-refractivity contribution >= 4 is 6.21 Å². The number of nitrogens with zero attached hydrogens (tertiary/aromatic N) is 2. The largest absolute Gasteiger partial charge is 0.301 e. The van der Waals surface area contributed by atoms with E-state index in [2.05, 4.69) is 4.99 Å². The standard InChI is InChI=1S/C5H8N2/c1-7-5-3-2-4-6/h5H,2-3H2,1H3/b7-5-. The third-order valence-electron chi connectivity index (χ3n) is 0.568. The normalized spacial score (nSPS) is 9.14. The van der Waals surface area contributed by atoms with Crippen molar-refractivity contribution in [3.8, 4) is 6.07 Å². The van der Waals surface area contributed by atoms with Crippen molar-refractivity contribution in [2.75, 3.05) is 7.05 Å². The summed E-state index contributed by atoms with van der Waals surface area (Å²) in [7, 11) is 1.71. The van der Waals surface area contributed by atoms with Crippen molar-refractivity contribution in [2.45, 2.75) is 12.8 Å². The Bertz CT molecular complexity index is 88.7. The number of hydrogen-bond donors (Lipinski definition) is 0. The second-order valence-electron chi connectivity index (χ2n) is 1.14. The van der Waals surface area contributed by atoms with Crippen LogP contribution in [0.25, 0.3) is 0 Å². The Morgan fingerprint density at radius 2 is 2.57 bits per heavy atom. The first-order valence-corrected chi connectivity index (χ1v) is 2.19. The lowest BCUT2D eigenvalue weighted by Crippen LogP contribution is -1.70. The highest BCUT2D eigenvalue weighted by molar-refractivity contribution is 5.57. The quantitative estimate of drug-likeness (QED) is 0.373. The van der Waals surface area contributed by atoms with E-state index in [1.807, 2.05) is 6.07 Å². The zero-order valence-electron chi connectivity index (χ0n) is 4.39. The Kier molecular flexibility index (Phi) is 4.54. The van der Waals surface area contributed by atoms with Gasteiger partial charge in [-0.05, 0) is 12.6 Å². The molecular weight excluding hydrogens is 88.1 g/mol. The van der Waals surface area contributed by atoms with E-state index in [-0.39, 0.29) is 0 Å². The van der Waals surface area contributed by atoms with Gasteiger partial charge in [0.15, 0.2) is 0 Å². The molecule has 0 rings (SSSR count). The summed E-state index contributed by atoms with van der Waals surface area (Å²) in [6, 6.07) is 2.01. The van der Waals surface area contributed by atoms with E-state index in [1.165, 1.54) is 0 Å². The fraction of sp³-hybridized carbons (Fsp3) is 0.600. The summed E-state index contributed by atoms with van der Waals surface area (Å²) in [5.74, 6) is 0. The Labute approximate surface area is 43.5 Å². The first kappa shape index (κ1) is 6.16. The van der Waals surface area contributed by atoms with E-state index in [1.54, 1.807) is 13.3 Å². The molecule has 0 atom stereocenters. The summed E-state index contributed by atoms with van der Waals surface area (Å²) in [4.78, 5) is 3.70. The molecule has 0 heterocycles. The van der Waals surface area contributed by atoms with Crippen LogP contribution in [-0.2, 0) is 0 Å². The Morgan fingerprint density at radius 3 is 3.00 bits per heavy atom. The summed E-state index contributed by atoms with van der Waals surface area (Å²) in [6.07, 6.45) is 3.10. The van der Waals surface area contributed by atoms with Crippen LogP contribution in [0, 0.1) is 11.3 Å². The molecule has 0 N–H and O–H groups in total. The van der Waals surface area contributed by atoms with Crippen LogP contribution in [0.15, 0.2) is 4.99 Å². The highest BCUT2D eigenvalue weighted by atomic mass is 14.6. The van der Waals surface area contributed by atoms with Crippen LogP contribution in [0.2, 0.25) is 0 Å². The molecule has 2 nitrogen and oxygen atoms in total. The van der Waals surface area contributed by atoms with Crippen LogP contribution in [-0.4, -0.2) is 13.3 Å². The van der Waals surface area contributed by atoms with Gasteiger partial charge in [0.25, 0.3) is 0 Å². The Morgan fingerprint density at radius 1 is 1.86 bits per heavy atom. The van der Waals surface area contributed by atoms with Crippen molar-refractivity contribution in [1.29, 1.82) is 5.26 Å². The highest BCUT2D eigenvalue weighted by Gasteiger charge is 1.72. The van der Waals surface area contributed by atoms with Gasteiger partial charge < -0.3 is 4.99 Å². The third-order valence-corrected chi connectivity index (χ3v) is 0.568. The van der Waals surface area contributed by atoms with Gasteiger partial charge in [0.1, 0.15) is 0 Å². The van der Waals surface area contributed by atoms with E-state index >= 15 is 0 Å². The highest BCUT2D eigenvalue weighted by Crippen LogP contribution is 1.78. The average molecular weight is 96.1 g/mol. The number of nitriles is 1. The molecule has 0 bridgehead atoms. The smallest absolute Gasteiger partial charge is 0.0625 e. The predicted octanol–water partition coefficient (Wildman–Crippen LogP) is 0.991. The minimum Gasteiger partial charge on any atom is -0.301 e. The van der Waals surface area contributed by atoms with Crippen molar-refractivity contribution in [3.63, 3.8) is 0 Å². The zero-order chi connectivity index (χ0) is 5.54. The van der Waals surface area contributed by atoms with Crippen LogP contribution in [0.3, 0.4) is 0 Å². The van der Waals surface area contributed by atoms with E-state index < -0.39 is 0 Å². The summed E-state index contributed by atoms with van der Waals surface area (Å²) >= 11 is 0.